The minimum absolute atomic E-state index is 0.0258. The lowest BCUT2D eigenvalue weighted by molar-refractivity contribution is -0.142. The van der Waals surface area contributed by atoms with E-state index >= 15 is 0 Å². The van der Waals surface area contributed by atoms with Crippen molar-refractivity contribution in [3.05, 3.63) is 30.0 Å². The van der Waals surface area contributed by atoms with Crippen molar-refractivity contribution in [2.24, 2.45) is 5.41 Å². The molecule has 0 saturated heterocycles. The lowest BCUT2D eigenvalue weighted by atomic mass is 9.88. The molecule has 1 aromatic heterocycles. The van der Waals surface area contributed by atoms with Crippen molar-refractivity contribution in [2.45, 2.75) is 46.1 Å². The van der Waals surface area contributed by atoms with Gasteiger partial charge in [-0.3, -0.25) is 9.89 Å². The number of hydrogen-bond donors (Lipinski definition) is 3. The Morgan fingerprint density at radius 2 is 2.00 bits per heavy atom. The SMILES string of the molecule is CC(C)(C)CCC(NC(=O)Cc1[nH]nc2ccccc12)C(=O)O. The maximum absolute atomic E-state index is 12.2. The van der Waals surface area contributed by atoms with Crippen LogP contribution >= 0.6 is 0 Å². The predicted molar refractivity (Wildman–Crippen MR) is 88.1 cm³/mol. The first-order valence-corrected chi connectivity index (χ1v) is 7.70. The Kier molecular flexibility index (Phi) is 5.03. The van der Waals surface area contributed by atoms with Gasteiger partial charge in [0.05, 0.1) is 17.6 Å². The third kappa shape index (κ3) is 4.81. The lowest BCUT2D eigenvalue weighted by Crippen LogP contribution is -2.42. The average molecular weight is 317 g/mol. The number of aromatic nitrogens is 2. The molecular formula is C17H23N3O3. The molecule has 1 heterocycles. The van der Waals surface area contributed by atoms with E-state index in [0.717, 1.165) is 17.3 Å². The molecule has 1 aromatic carbocycles. The smallest absolute Gasteiger partial charge is 0.326 e. The second-order valence-electron chi connectivity index (χ2n) is 6.95. The van der Waals surface area contributed by atoms with E-state index in [2.05, 4.69) is 15.5 Å². The number of aliphatic carboxylic acids is 1. The molecule has 1 unspecified atom stereocenters. The third-order valence-corrected chi connectivity index (χ3v) is 3.69. The normalized spacial score (nSPS) is 13.0. The molecule has 0 bridgehead atoms. The molecule has 0 fully saturated rings. The van der Waals surface area contributed by atoms with Gasteiger partial charge < -0.3 is 10.4 Å². The van der Waals surface area contributed by atoms with Gasteiger partial charge in [0.1, 0.15) is 6.04 Å². The zero-order valence-corrected chi connectivity index (χ0v) is 13.7. The van der Waals surface area contributed by atoms with Crippen LogP contribution in [0.2, 0.25) is 0 Å². The zero-order valence-electron chi connectivity index (χ0n) is 13.7. The molecule has 6 heteroatoms. The maximum atomic E-state index is 12.2. The van der Waals surface area contributed by atoms with E-state index in [9.17, 15) is 14.7 Å². The van der Waals surface area contributed by atoms with Gasteiger partial charge in [0.2, 0.25) is 5.91 Å². The Balaban J connectivity index is 2.00. The second-order valence-corrected chi connectivity index (χ2v) is 6.95. The Labute approximate surface area is 135 Å². The summed E-state index contributed by atoms with van der Waals surface area (Å²) in [6, 6.07) is 6.63. The van der Waals surface area contributed by atoms with Crippen LogP contribution < -0.4 is 5.32 Å². The highest BCUT2D eigenvalue weighted by molar-refractivity contribution is 5.89. The van der Waals surface area contributed by atoms with E-state index in [1.807, 2.05) is 45.0 Å². The lowest BCUT2D eigenvalue weighted by Gasteiger charge is -2.21. The molecule has 0 saturated carbocycles. The van der Waals surface area contributed by atoms with Crippen LogP contribution in [0.1, 0.15) is 39.3 Å². The summed E-state index contributed by atoms with van der Waals surface area (Å²) in [6.07, 6.45) is 1.21. The van der Waals surface area contributed by atoms with Crippen molar-refractivity contribution in [3.63, 3.8) is 0 Å². The van der Waals surface area contributed by atoms with Crippen molar-refractivity contribution in [2.75, 3.05) is 0 Å². The number of aromatic amines is 1. The quantitative estimate of drug-likeness (QED) is 0.763. The standard InChI is InChI=1S/C17H23N3O3/c1-17(2,3)9-8-13(16(22)23)18-15(21)10-14-11-6-4-5-7-12(11)19-20-14/h4-7,13H,8-10H2,1-3H3,(H,18,21)(H,19,20)(H,22,23). The predicted octanol–water partition coefficient (Wildman–Crippen LogP) is 2.50. The molecule has 2 aromatic rings. The Morgan fingerprint density at radius 1 is 1.30 bits per heavy atom. The summed E-state index contributed by atoms with van der Waals surface area (Å²) in [4.78, 5) is 23.5. The van der Waals surface area contributed by atoms with E-state index in [-0.39, 0.29) is 17.7 Å². The topological polar surface area (TPSA) is 95.1 Å². The van der Waals surface area contributed by atoms with Crippen molar-refractivity contribution in [1.82, 2.24) is 15.5 Å². The van der Waals surface area contributed by atoms with E-state index in [1.165, 1.54) is 0 Å². The molecule has 6 nitrogen and oxygen atoms in total. The number of rotatable bonds is 6. The third-order valence-electron chi connectivity index (χ3n) is 3.69. The number of carbonyl (C=O) groups excluding carboxylic acids is 1. The Morgan fingerprint density at radius 3 is 2.65 bits per heavy atom. The monoisotopic (exact) mass is 317 g/mol. The summed E-state index contributed by atoms with van der Waals surface area (Å²) < 4.78 is 0. The number of para-hydroxylation sites is 1. The molecule has 124 valence electrons. The van der Waals surface area contributed by atoms with Gasteiger partial charge in [-0.2, -0.15) is 5.10 Å². The van der Waals surface area contributed by atoms with Gasteiger partial charge in [-0.1, -0.05) is 39.0 Å². The number of carbonyl (C=O) groups is 2. The van der Waals surface area contributed by atoms with Crippen molar-refractivity contribution in [3.8, 4) is 0 Å². The van der Waals surface area contributed by atoms with Gasteiger partial charge in [0.25, 0.3) is 0 Å². The van der Waals surface area contributed by atoms with Gasteiger partial charge >= 0.3 is 5.97 Å². The molecule has 1 amide bonds. The number of carboxylic acid groups (broad SMARTS) is 1. The van der Waals surface area contributed by atoms with Gasteiger partial charge in [0.15, 0.2) is 0 Å². The first kappa shape index (κ1) is 17.0. The van der Waals surface area contributed by atoms with Crippen LogP contribution in [-0.2, 0) is 16.0 Å². The fraction of sp³-hybridized carbons (Fsp3) is 0.471. The van der Waals surface area contributed by atoms with E-state index in [4.69, 9.17) is 0 Å². The summed E-state index contributed by atoms with van der Waals surface area (Å²) >= 11 is 0. The van der Waals surface area contributed by atoms with Crippen LogP contribution in [0.5, 0.6) is 0 Å². The minimum Gasteiger partial charge on any atom is -0.480 e. The number of benzene rings is 1. The fourth-order valence-corrected chi connectivity index (χ4v) is 2.39. The summed E-state index contributed by atoms with van der Waals surface area (Å²) in [5.74, 6) is -1.32. The maximum Gasteiger partial charge on any atom is 0.326 e. The highest BCUT2D eigenvalue weighted by Crippen LogP contribution is 2.22. The number of carboxylic acids is 1. The molecule has 23 heavy (non-hydrogen) atoms. The van der Waals surface area contributed by atoms with Crippen molar-refractivity contribution >= 4 is 22.8 Å². The van der Waals surface area contributed by atoms with E-state index in [0.29, 0.717) is 12.1 Å². The van der Waals surface area contributed by atoms with Crippen LogP contribution in [0, 0.1) is 5.41 Å². The van der Waals surface area contributed by atoms with E-state index < -0.39 is 12.0 Å². The number of hydrogen-bond acceptors (Lipinski definition) is 3. The molecule has 0 spiro atoms. The van der Waals surface area contributed by atoms with Crippen LogP contribution in [0.4, 0.5) is 0 Å². The summed E-state index contributed by atoms with van der Waals surface area (Å²) in [6.45, 7) is 6.14. The minimum atomic E-state index is -1.00. The molecule has 0 aliphatic rings. The molecule has 2 rings (SSSR count). The van der Waals surface area contributed by atoms with E-state index in [1.54, 1.807) is 0 Å². The fourth-order valence-electron chi connectivity index (χ4n) is 2.39. The van der Waals surface area contributed by atoms with Crippen molar-refractivity contribution in [1.29, 1.82) is 0 Å². The highest BCUT2D eigenvalue weighted by Gasteiger charge is 2.23. The van der Waals surface area contributed by atoms with Gasteiger partial charge in [-0.25, -0.2) is 4.79 Å². The second kappa shape index (κ2) is 6.81. The first-order valence-electron chi connectivity index (χ1n) is 7.70. The van der Waals surface area contributed by atoms with Crippen LogP contribution in [0.15, 0.2) is 24.3 Å². The highest BCUT2D eigenvalue weighted by atomic mass is 16.4. The molecular weight excluding hydrogens is 294 g/mol. The van der Waals surface area contributed by atoms with Crippen molar-refractivity contribution < 1.29 is 14.7 Å². The molecule has 0 radical (unpaired) electrons. The number of amides is 1. The first-order chi connectivity index (χ1) is 10.8. The van der Waals surface area contributed by atoms with Gasteiger partial charge in [0, 0.05) is 5.39 Å². The van der Waals surface area contributed by atoms with Crippen LogP contribution in [-0.4, -0.2) is 33.2 Å². The number of fused-ring (bicyclic) bond motifs is 1. The Bertz CT molecular complexity index is 700. The number of H-pyrrole nitrogens is 1. The van der Waals surface area contributed by atoms with Gasteiger partial charge in [-0.15, -0.1) is 0 Å². The number of nitrogens with one attached hydrogen (secondary N) is 2. The molecule has 3 N–H and O–H groups in total. The number of nitrogens with zero attached hydrogens (tertiary/aromatic N) is 1. The summed E-state index contributed by atoms with van der Waals surface area (Å²) in [7, 11) is 0. The summed E-state index contributed by atoms with van der Waals surface area (Å²) in [5.41, 5.74) is 1.51. The largest absolute Gasteiger partial charge is 0.480 e. The molecule has 0 aliphatic carbocycles. The molecule has 0 aliphatic heterocycles. The van der Waals surface area contributed by atoms with Crippen LogP contribution in [0.3, 0.4) is 0 Å². The van der Waals surface area contributed by atoms with Crippen LogP contribution in [0.25, 0.3) is 10.9 Å². The zero-order chi connectivity index (χ0) is 17.0. The van der Waals surface area contributed by atoms with Gasteiger partial charge in [-0.05, 0) is 24.3 Å². The summed E-state index contributed by atoms with van der Waals surface area (Å²) in [5, 5.41) is 19.7. The Hall–Kier alpha value is -2.37. The average Bonchev–Trinajstić information content (AvgIpc) is 2.85. The molecule has 1 atom stereocenters.